The van der Waals surface area contributed by atoms with Gasteiger partial charge >= 0.3 is 5.69 Å². The first-order valence-corrected chi connectivity index (χ1v) is 7.50. The van der Waals surface area contributed by atoms with Gasteiger partial charge in [0.05, 0.1) is 6.54 Å². The summed E-state index contributed by atoms with van der Waals surface area (Å²) in [6.45, 7) is 5.80. The van der Waals surface area contributed by atoms with Crippen LogP contribution in [0.2, 0.25) is 0 Å². The molecule has 0 amide bonds. The zero-order valence-corrected chi connectivity index (χ0v) is 12.4. The molecule has 5 nitrogen and oxygen atoms in total. The van der Waals surface area contributed by atoms with E-state index in [-0.39, 0.29) is 5.69 Å². The maximum Gasteiger partial charge on any atom is 0.350 e. The molecule has 20 heavy (non-hydrogen) atoms. The van der Waals surface area contributed by atoms with Crippen molar-refractivity contribution >= 4 is 5.65 Å². The zero-order valence-electron chi connectivity index (χ0n) is 12.4. The number of fused-ring (bicyclic) bond motifs is 1. The molecule has 0 aliphatic heterocycles. The topological polar surface area (TPSA) is 51.3 Å². The molecular weight excluding hydrogens is 252 g/mol. The van der Waals surface area contributed by atoms with E-state index < -0.39 is 0 Å². The van der Waals surface area contributed by atoms with E-state index in [0.717, 1.165) is 6.54 Å². The SMILES string of the molecule is CCCCCC(C)NCCn1nc2ccccn2c1=O. The molecule has 5 heteroatoms. The molecular formula is C15H24N4O. The van der Waals surface area contributed by atoms with Crippen LogP contribution in [0, 0.1) is 0 Å². The smallest absolute Gasteiger partial charge is 0.312 e. The average molecular weight is 276 g/mol. The number of rotatable bonds is 8. The highest BCUT2D eigenvalue weighted by atomic mass is 16.2. The fraction of sp³-hybridized carbons (Fsp3) is 0.600. The molecule has 0 saturated carbocycles. The van der Waals surface area contributed by atoms with E-state index in [4.69, 9.17) is 0 Å². The second-order valence-electron chi connectivity index (χ2n) is 5.29. The van der Waals surface area contributed by atoms with Gasteiger partial charge in [0.25, 0.3) is 0 Å². The average Bonchev–Trinajstić information content (AvgIpc) is 2.77. The van der Waals surface area contributed by atoms with E-state index >= 15 is 0 Å². The molecule has 2 heterocycles. The van der Waals surface area contributed by atoms with E-state index in [1.54, 1.807) is 10.6 Å². The highest BCUT2D eigenvalue weighted by molar-refractivity contribution is 5.35. The molecule has 0 saturated heterocycles. The van der Waals surface area contributed by atoms with E-state index in [9.17, 15) is 4.79 Å². The minimum Gasteiger partial charge on any atom is -0.312 e. The van der Waals surface area contributed by atoms with Crippen LogP contribution in [0.5, 0.6) is 0 Å². The molecule has 0 aromatic carbocycles. The summed E-state index contributed by atoms with van der Waals surface area (Å²) in [5.74, 6) is 0. The first kappa shape index (κ1) is 14.8. The summed E-state index contributed by atoms with van der Waals surface area (Å²) in [5, 5.41) is 7.76. The fourth-order valence-electron chi connectivity index (χ4n) is 2.33. The van der Waals surface area contributed by atoms with E-state index in [0.29, 0.717) is 18.2 Å². The van der Waals surface area contributed by atoms with Gasteiger partial charge in [-0.15, -0.1) is 5.10 Å². The molecule has 1 atom stereocenters. The van der Waals surface area contributed by atoms with Crippen molar-refractivity contribution in [3.8, 4) is 0 Å². The Morgan fingerprint density at radius 1 is 1.35 bits per heavy atom. The standard InChI is InChI=1S/C15H24N4O/c1-3-4-5-8-13(2)16-10-12-19-15(20)18-11-7-6-9-14(18)17-19/h6-7,9,11,13,16H,3-5,8,10,12H2,1-2H3. The van der Waals surface area contributed by atoms with Gasteiger partial charge in [0.2, 0.25) is 0 Å². The summed E-state index contributed by atoms with van der Waals surface area (Å²) in [6, 6.07) is 6.07. The Morgan fingerprint density at radius 3 is 2.95 bits per heavy atom. The second-order valence-corrected chi connectivity index (χ2v) is 5.29. The predicted octanol–water partition coefficient (Wildman–Crippen LogP) is 2.05. The number of nitrogens with zero attached hydrogens (tertiary/aromatic N) is 3. The lowest BCUT2D eigenvalue weighted by molar-refractivity contribution is 0.455. The number of aromatic nitrogens is 3. The van der Waals surface area contributed by atoms with E-state index in [1.165, 1.54) is 30.4 Å². The Morgan fingerprint density at radius 2 is 2.20 bits per heavy atom. The monoisotopic (exact) mass is 276 g/mol. The summed E-state index contributed by atoms with van der Waals surface area (Å²) in [4.78, 5) is 12.1. The van der Waals surface area contributed by atoms with Crippen molar-refractivity contribution in [3.63, 3.8) is 0 Å². The first-order chi connectivity index (χ1) is 9.72. The van der Waals surface area contributed by atoms with Crippen molar-refractivity contribution < 1.29 is 0 Å². The minimum atomic E-state index is -0.0685. The van der Waals surface area contributed by atoms with Gasteiger partial charge in [-0.25, -0.2) is 9.48 Å². The summed E-state index contributed by atoms with van der Waals surface area (Å²) in [7, 11) is 0. The van der Waals surface area contributed by atoms with Crippen molar-refractivity contribution in [2.75, 3.05) is 6.54 Å². The molecule has 2 rings (SSSR count). The Hall–Kier alpha value is -1.62. The molecule has 0 aliphatic carbocycles. The molecule has 0 aliphatic rings. The minimum absolute atomic E-state index is 0.0685. The van der Waals surface area contributed by atoms with Crippen molar-refractivity contribution in [2.24, 2.45) is 0 Å². The van der Waals surface area contributed by atoms with Gasteiger partial charge in [-0.05, 0) is 25.5 Å². The molecule has 0 radical (unpaired) electrons. The first-order valence-electron chi connectivity index (χ1n) is 7.50. The van der Waals surface area contributed by atoms with Crippen LogP contribution in [0.25, 0.3) is 5.65 Å². The molecule has 0 bridgehead atoms. The molecule has 2 aromatic rings. The van der Waals surface area contributed by atoms with E-state index in [1.807, 2.05) is 18.2 Å². The van der Waals surface area contributed by atoms with Crippen LogP contribution in [0.1, 0.15) is 39.5 Å². The Balaban J connectivity index is 1.84. The van der Waals surface area contributed by atoms with Gasteiger partial charge in [-0.1, -0.05) is 32.3 Å². The highest BCUT2D eigenvalue weighted by Crippen LogP contribution is 2.02. The maximum absolute atomic E-state index is 12.1. The summed E-state index contributed by atoms with van der Waals surface area (Å²) in [5.41, 5.74) is 0.634. The van der Waals surface area contributed by atoms with Crippen LogP contribution < -0.4 is 11.0 Å². The van der Waals surface area contributed by atoms with Crippen LogP contribution in [0.3, 0.4) is 0 Å². The van der Waals surface area contributed by atoms with Gasteiger partial charge < -0.3 is 5.32 Å². The fourth-order valence-corrected chi connectivity index (χ4v) is 2.33. The summed E-state index contributed by atoms with van der Waals surface area (Å²) >= 11 is 0. The van der Waals surface area contributed by atoms with Gasteiger partial charge in [0, 0.05) is 18.8 Å². The van der Waals surface area contributed by atoms with Gasteiger partial charge in [-0.2, -0.15) is 0 Å². The maximum atomic E-state index is 12.1. The van der Waals surface area contributed by atoms with Crippen molar-refractivity contribution in [1.82, 2.24) is 19.5 Å². The molecule has 0 fully saturated rings. The quantitative estimate of drug-likeness (QED) is 0.751. The number of hydrogen-bond acceptors (Lipinski definition) is 3. The Kier molecular flexibility index (Phi) is 5.35. The van der Waals surface area contributed by atoms with Crippen molar-refractivity contribution in [1.29, 1.82) is 0 Å². The summed E-state index contributed by atoms with van der Waals surface area (Å²) < 4.78 is 3.10. The molecule has 1 unspecified atom stereocenters. The van der Waals surface area contributed by atoms with E-state index in [2.05, 4.69) is 24.3 Å². The van der Waals surface area contributed by atoms with Crippen LogP contribution in [0.4, 0.5) is 0 Å². The van der Waals surface area contributed by atoms with Gasteiger partial charge in [0.1, 0.15) is 0 Å². The Labute approximate surface area is 119 Å². The lowest BCUT2D eigenvalue weighted by Crippen LogP contribution is -2.32. The zero-order chi connectivity index (χ0) is 14.4. The number of hydrogen-bond donors (Lipinski definition) is 1. The third-order valence-corrected chi connectivity index (χ3v) is 3.55. The molecule has 1 N–H and O–H groups in total. The lowest BCUT2D eigenvalue weighted by atomic mass is 10.1. The van der Waals surface area contributed by atoms with Gasteiger partial charge in [0.15, 0.2) is 5.65 Å². The van der Waals surface area contributed by atoms with Crippen molar-refractivity contribution in [2.45, 2.75) is 52.1 Å². The normalized spacial score (nSPS) is 12.9. The highest BCUT2D eigenvalue weighted by Gasteiger charge is 2.06. The van der Waals surface area contributed by atoms with Crippen LogP contribution in [-0.4, -0.2) is 26.8 Å². The largest absolute Gasteiger partial charge is 0.350 e. The third-order valence-electron chi connectivity index (χ3n) is 3.55. The molecule has 0 spiro atoms. The number of pyridine rings is 1. The number of nitrogens with one attached hydrogen (secondary N) is 1. The molecule has 2 aromatic heterocycles. The lowest BCUT2D eigenvalue weighted by Gasteiger charge is -2.12. The second kappa shape index (κ2) is 7.24. The van der Waals surface area contributed by atoms with Crippen LogP contribution >= 0.6 is 0 Å². The summed E-state index contributed by atoms with van der Waals surface area (Å²) in [6.07, 6.45) is 6.75. The molecule has 110 valence electrons. The number of unbranched alkanes of at least 4 members (excludes halogenated alkanes) is 2. The van der Waals surface area contributed by atoms with Gasteiger partial charge in [-0.3, -0.25) is 4.40 Å². The third kappa shape index (κ3) is 3.70. The Bertz CT molecular complexity index is 587. The van der Waals surface area contributed by atoms with Crippen LogP contribution in [0.15, 0.2) is 29.2 Å². The predicted molar refractivity (Wildman–Crippen MR) is 81.1 cm³/mol. The van der Waals surface area contributed by atoms with Crippen LogP contribution in [-0.2, 0) is 6.54 Å². The van der Waals surface area contributed by atoms with Crippen molar-refractivity contribution in [3.05, 3.63) is 34.9 Å².